The molecule has 0 fully saturated rings. The standard InChI is InChI=1S/C14H15N3O2/c1-3-17-11(2)12(8-16-17)9-19-14-6-4-13(5-7-14)15-10-18/h4-8H,3,9H2,1-2H3. The number of aryl methyl sites for hydroxylation is 1. The van der Waals surface area contributed by atoms with Crippen LogP contribution in [0.3, 0.4) is 0 Å². The maximum atomic E-state index is 10.1. The van der Waals surface area contributed by atoms with Crippen molar-refractivity contribution in [2.24, 2.45) is 4.99 Å². The fourth-order valence-electron chi connectivity index (χ4n) is 1.78. The van der Waals surface area contributed by atoms with Crippen LogP contribution in [0.1, 0.15) is 18.2 Å². The number of nitrogens with zero attached hydrogens (tertiary/aromatic N) is 3. The van der Waals surface area contributed by atoms with Gasteiger partial charge in [-0.1, -0.05) is 0 Å². The molecule has 1 aromatic heterocycles. The highest BCUT2D eigenvalue weighted by Gasteiger charge is 2.05. The third kappa shape index (κ3) is 3.09. The van der Waals surface area contributed by atoms with Crippen LogP contribution in [0.15, 0.2) is 35.5 Å². The Hall–Kier alpha value is -2.39. The summed E-state index contributed by atoms with van der Waals surface area (Å²) in [5.74, 6) is 0.730. The minimum absolute atomic E-state index is 0.474. The zero-order valence-corrected chi connectivity index (χ0v) is 11.0. The van der Waals surface area contributed by atoms with Gasteiger partial charge in [0.05, 0.1) is 11.9 Å². The number of hydrogen-bond donors (Lipinski definition) is 0. The average molecular weight is 257 g/mol. The highest BCUT2D eigenvalue weighted by atomic mass is 16.5. The van der Waals surface area contributed by atoms with E-state index in [4.69, 9.17) is 4.74 Å². The molecule has 0 aliphatic heterocycles. The van der Waals surface area contributed by atoms with Crippen LogP contribution in [0.5, 0.6) is 5.75 Å². The number of benzene rings is 1. The Bertz CT molecular complexity index is 596. The summed E-state index contributed by atoms with van der Waals surface area (Å²) >= 11 is 0. The molecule has 0 spiro atoms. The van der Waals surface area contributed by atoms with E-state index in [1.807, 2.05) is 17.8 Å². The van der Waals surface area contributed by atoms with Gasteiger partial charge in [-0.2, -0.15) is 10.1 Å². The van der Waals surface area contributed by atoms with E-state index >= 15 is 0 Å². The first-order valence-corrected chi connectivity index (χ1v) is 6.06. The van der Waals surface area contributed by atoms with E-state index in [-0.39, 0.29) is 0 Å². The lowest BCUT2D eigenvalue weighted by Gasteiger charge is -2.06. The van der Waals surface area contributed by atoms with Gasteiger partial charge in [0, 0.05) is 17.8 Å². The predicted molar refractivity (Wildman–Crippen MR) is 71.2 cm³/mol. The summed E-state index contributed by atoms with van der Waals surface area (Å²) < 4.78 is 7.60. The highest BCUT2D eigenvalue weighted by molar-refractivity contribution is 5.50. The molecule has 98 valence electrons. The van der Waals surface area contributed by atoms with E-state index in [1.54, 1.807) is 24.3 Å². The molecule has 0 bridgehead atoms. The van der Waals surface area contributed by atoms with E-state index in [0.717, 1.165) is 23.6 Å². The molecule has 5 nitrogen and oxygen atoms in total. The van der Waals surface area contributed by atoms with Gasteiger partial charge in [0.15, 0.2) is 0 Å². The summed E-state index contributed by atoms with van der Waals surface area (Å²) in [6.45, 7) is 5.40. The van der Waals surface area contributed by atoms with Gasteiger partial charge in [0.25, 0.3) is 0 Å². The van der Waals surface area contributed by atoms with Crippen LogP contribution < -0.4 is 4.74 Å². The van der Waals surface area contributed by atoms with Crippen LogP contribution in [-0.2, 0) is 17.9 Å². The van der Waals surface area contributed by atoms with E-state index in [1.165, 1.54) is 6.08 Å². The van der Waals surface area contributed by atoms with Gasteiger partial charge in [-0.25, -0.2) is 4.79 Å². The second kappa shape index (κ2) is 5.98. The zero-order chi connectivity index (χ0) is 13.7. The van der Waals surface area contributed by atoms with E-state index in [9.17, 15) is 4.79 Å². The third-order valence-corrected chi connectivity index (χ3v) is 2.91. The van der Waals surface area contributed by atoms with Crippen LogP contribution in [0.4, 0.5) is 5.69 Å². The minimum atomic E-state index is 0.474. The minimum Gasteiger partial charge on any atom is -0.489 e. The van der Waals surface area contributed by atoms with Crippen molar-refractivity contribution >= 4 is 11.8 Å². The summed E-state index contributed by atoms with van der Waals surface area (Å²) in [5, 5.41) is 4.26. The first kappa shape index (κ1) is 13.1. The van der Waals surface area contributed by atoms with Gasteiger partial charge in [0.2, 0.25) is 6.08 Å². The smallest absolute Gasteiger partial charge is 0.240 e. The van der Waals surface area contributed by atoms with E-state index in [0.29, 0.717) is 12.3 Å². The number of rotatable bonds is 5. The molecule has 5 heteroatoms. The molecular weight excluding hydrogens is 242 g/mol. The first-order chi connectivity index (χ1) is 9.24. The largest absolute Gasteiger partial charge is 0.489 e. The van der Waals surface area contributed by atoms with Crippen molar-refractivity contribution in [2.45, 2.75) is 27.0 Å². The Kier molecular flexibility index (Phi) is 4.11. The maximum absolute atomic E-state index is 10.1. The summed E-state index contributed by atoms with van der Waals surface area (Å²) in [4.78, 5) is 13.6. The quantitative estimate of drug-likeness (QED) is 0.611. The van der Waals surface area contributed by atoms with Gasteiger partial charge in [0.1, 0.15) is 12.4 Å². The normalized spacial score (nSPS) is 10.0. The molecular formula is C14H15N3O2. The van der Waals surface area contributed by atoms with Crippen LogP contribution in [0.2, 0.25) is 0 Å². The Morgan fingerprint density at radius 3 is 2.68 bits per heavy atom. The number of aliphatic imine (C=N–C) groups is 1. The number of aromatic nitrogens is 2. The number of hydrogen-bond acceptors (Lipinski definition) is 4. The third-order valence-electron chi connectivity index (χ3n) is 2.91. The van der Waals surface area contributed by atoms with Crippen LogP contribution in [-0.4, -0.2) is 15.9 Å². The summed E-state index contributed by atoms with van der Waals surface area (Å²) in [7, 11) is 0. The molecule has 0 radical (unpaired) electrons. The fourth-order valence-corrected chi connectivity index (χ4v) is 1.78. The topological polar surface area (TPSA) is 56.5 Å². The summed E-state index contributed by atoms with van der Waals surface area (Å²) in [5.41, 5.74) is 2.75. The lowest BCUT2D eigenvalue weighted by Crippen LogP contribution is -2.01. The second-order valence-electron chi connectivity index (χ2n) is 4.06. The molecule has 2 rings (SSSR count). The van der Waals surface area contributed by atoms with Crippen molar-refractivity contribution in [3.05, 3.63) is 41.7 Å². The lowest BCUT2D eigenvalue weighted by atomic mass is 10.2. The predicted octanol–water partition coefficient (Wildman–Crippen LogP) is 2.76. The van der Waals surface area contributed by atoms with Gasteiger partial charge >= 0.3 is 0 Å². The molecule has 2 aromatic rings. The molecule has 0 atom stereocenters. The molecule has 0 saturated carbocycles. The first-order valence-electron chi connectivity index (χ1n) is 6.06. The molecule has 0 unspecified atom stereocenters. The van der Waals surface area contributed by atoms with Gasteiger partial charge in [-0.15, -0.1) is 0 Å². The van der Waals surface area contributed by atoms with Crippen LogP contribution in [0, 0.1) is 6.92 Å². The fraction of sp³-hybridized carbons (Fsp3) is 0.286. The van der Waals surface area contributed by atoms with Gasteiger partial charge < -0.3 is 4.74 Å². The van der Waals surface area contributed by atoms with Crippen molar-refractivity contribution in [1.82, 2.24) is 9.78 Å². The van der Waals surface area contributed by atoms with Crippen molar-refractivity contribution in [3.63, 3.8) is 0 Å². The zero-order valence-electron chi connectivity index (χ0n) is 11.0. The average Bonchev–Trinajstić information content (AvgIpc) is 2.79. The number of isocyanates is 1. The van der Waals surface area contributed by atoms with Crippen molar-refractivity contribution in [2.75, 3.05) is 0 Å². The van der Waals surface area contributed by atoms with Crippen LogP contribution in [0.25, 0.3) is 0 Å². The van der Waals surface area contributed by atoms with Gasteiger partial charge in [-0.05, 0) is 38.1 Å². The Morgan fingerprint density at radius 1 is 1.37 bits per heavy atom. The van der Waals surface area contributed by atoms with Crippen molar-refractivity contribution < 1.29 is 9.53 Å². The van der Waals surface area contributed by atoms with E-state index in [2.05, 4.69) is 17.0 Å². The molecule has 0 amide bonds. The summed E-state index contributed by atoms with van der Waals surface area (Å²) in [6.07, 6.45) is 3.32. The summed E-state index contributed by atoms with van der Waals surface area (Å²) in [6, 6.07) is 6.97. The monoisotopic (exact) mass is 257 g/mol. The lowest BCUT2D eigenvalue weighted by molar-refractivity contribution is 0.305. The second-order valence-corrected chi connectivity index (χ2v) is 4.06. The van der Waals surface area contributed by atoms with Crippen molar-refractivity contribution in [3.8, 4) is 5.75 Å². The number of ether oxygens (including phenoxy) is 1. The van der Waals surface area contributed by atoms with Gasteiger partial charge in [-0.3, -0.25) is 4.68 Å². The molecule has 0 aliphatic carbocycles. The molecule has 19 heavy (non-hydrogen) atoms. The van der Waals surface area contributed by atoms with E-state index < -0.39 is 0 Å². The SMILES string of the molecule is CCn1ncc(COc2ccc(N=C=O)cc2)c1C. The Balaban J connectivity index is 2.01. The van der Waals surface area contributed by atoms with Crippen LogP contribution >= 0.6 is 0 Å². The molecule has 0 N–H and O–H groups in total. The molecule has 0 aliphatic rings. The highest BCUT2D eigenvalue weighted by Crippen LogP contribution is 2.19. The Labute approximate surface area is 111 Å². The molecule has 0 saturated heterocycles. The molecule has 1 aromatic carbocycles. The molecule has 1 heterocycles. The van der Waals surface area contributed by atoms with Crippen molar-refractivity contribution in [1.29, 1.82) is 0 Å². The Morgan fingerprint density at radius 2 is 2.11 bits per heavy atom. The number of carbonyl (C=O) groups excluding carboxylic acids is 1. The maximum Gasteiger partial charge on any atom is 0.240 e.